The smallest absolute Gasteiger partial charge is 0.409 e. The summed E-state index contributed by atoms with van der Waals surface area (Å²) in [6.45, 7) is 11.0. The van der Waals surface area contributed by atoms with Crippen molar-refractivity contribution in [3.8, 4) is 5.75 Å². The van der Waals surface area contributed by atoms with Gasteiger partial charge in [-0.2, -0.15) is 0 Å². The molecule has 0 radical (unpaired) electrons. The van der Waals surface area contributed by atoms with Crippen molar-refractivity contribution in [1.82, 2.24) is 10.2 Å². The number of ether oxygens (including phenoxy) is 5. The van der Waals surface area contributed by atoms with Crippen LogP contribution in [0.15, 0.2) is 35.9 Å². The molecule has 2 saturated heterocycles. The lowest BCUT2D eigenvalue weighted by molar-refractivity contribution is -0.162. The molecule has 51 heavy (non-hydrogen) atoms. The molecule has 3 N–H and O–H groups in total. The number of allylic oxidation sites excluding steroid dienone is 3. The largest absolute Gasteiger partial charge is 0.495 e. The molecule has 3 amide bonds. The summed E-state index contributed by atoms with van der Waals surface area (Å²) >= 11 is 6.65. The van der Waals surface area contributed by atoms with E-state index in [4.69, 9.17) is 35.3 Å². The number of amides is 3. The molecule has 1 aromatic carbocycles. The zero-order valence-electron chi connectivity index (χ0n) is 30.7. The van der Waals surface area contributed by atoms with E-state index in [0.29, 0.717) is 17.9 Å². The van der Waals surface area contributed by atoms with Gasteiger partial charge in [0, 0.05) is 32.4 Å². The van der Waals surface area contributed by atoms with E-state index in [0.717, 1.165) is 11.1 Å². The van der Waals surface area contributed by atoms with Crippen molar-refractivity contribution in [2.75, 3.05) is 26.6 Å². The van der Waals surface area contributed by atoms with Crippen LogP contribution in [0, 0.1) is 23.7 Å². The average Bonchev–Trinajstić information content (AvgIpc) is 3.94. The first kappa shape index (κ1) is 38.6. The molecule has 280 valence electrons. The maximum Gasteiger partial charge on any atom is 0.409 e. The lowest BCUT2D eigenvalue weighted by Crippen LogP contribution is -2.63. The van der Waals surface area contributed by atoms with Gasteiger partial charge in [-0.1, -0.05) is 56.2 Å². The second-order valence-electron chi connectivity index (χ2n) is 14.7. The predicted molar refractivity (Wildman–Crippen MR) is 188 cm³/mol. The summed E-state index contributed by atoms with van der Waals surface area (Å²) in [6.07, 6.45) is 0.980. The van der Waals surface area contributed by atoms with Crippen LogP contribution in [0.25, 0.3) is 0 Å². The number of halogens is 1. The van der Waals surface area contributed by atoms with E-state index in [2.05, 4.69) is 10.6 Å². The third-order valence-corrected chi connectivity index (χ3v) is 11.5. The maximum absolute atomic E-state index is 13.8. The molecular weight excluding hydrogens is 682 g/mol. The molecule has 3 fully saturated rings. The molecule has 1 aliphatic carbocycles. The molecular formula is C37H50ClN3O10. The van der Waals surface area contributed by atoms with Crippen LogP contribution < -0.4 is 15.4 Å². The minimum Gasteiger partial charge on any atom is -0.495 e. The first-order valence-corrected chi connectivity index (χ1v) is 17.7. The Kier molecular flexibility index (Phi) is 11.2. The molecule has 10 atom stereocenters. The third kappa shape index (κ3) is 7.91. The highest BCUT2D eigenvalue weighted by atomic mass is 35.5. The van der Waals surface area contributed by atoms with Gasteiger partial charge in [0.2, 0.25) is 11.8 Å². The van der Waals surface area contributed by atoms with Crippen LogP contribution in [-0.4, -0.2) is 96.9 Å². The Labute approximate surface area is 304 Å². The van der Waals surface area contributed by atoms with Gasteiger partial charge < -0.3 is 39.0 Å². The standard InChI is InChI=1S/C37H50ClN3O10/c1-18-11-10-12-27(48-9)37(46)17-26(49-35(45)40-37)21(4)32-36(6,51-32)28(50-34(44)22(5)41(7)33(43)30-19(2)20(30)3)16-29(42)39-24-14-23(13-18)15-25(47-8)31(24)38/h10-12,14-15,19-22,26-28,30,32,46H,13,16-17H2,1-9H3,(H,39,42)(H,40,45)/b12-10-,18-11-/t19?,20?,21-,22+,26+,27-,28+,30?,32+,36+,37+/m1/s1. The van der Waals surface area contributed by atoms with Crippen LogP contribution in [0.2, 0.25) is 5.02 Å². The van der Waals surface area contributed by atoms with Gasteiger partial charge in [0.1, 0.15) is 40.7 Å². The molecule has 5 rings (SSSR count). The van der Waals surface area contributed by atoms with Crippen molar-refractivity contribution < 1.29 is 48.0 Å². The summed E-state index contributed by atoms with van der Waals surface area (Å²) in [5, 5.41) is 17.3. The predicted octanol–water partition coefficient (Wildman–Crippen LogP) is 4.39. The first-order chi connectivity index (χ1) is 23.9. The minimum absolute atomic E-state index is 0.0432. The number of anilines is 1. The second-order valence-corrected chi connectivity index (χ2v) is 15.1. The number of likely N-dealkylation sites (N-methyl/N-ethyl adjacent to an activating group) is 1. The van der Waals surface area contributed by atoms with Crippen molar-refractivity contribution in [1.29, 1.82) is 0 Å². The Morgan fingerprint density at radius 3 is 2.45 bits per heavy atom. The van der Waals surface area contributed by atoms with Crippen molar-refractivity contribution >= 4 is 41.2 Å². The molecule has 4 bridgehead atoms. The van der Waals surface area contributed by atoms with Gasteiger partial charge >= 0.3 is 12.1 Å². The molecule has 0 aromatic heterocycles. The summed E-state index contributed by atoms with van der Waals surface area (Å²) in [4.78, 5) is 54.8. The molecule has 1 saturated carbocycles. The molecule has 1 aromatic rings. The summed E-state index contributed by atoms with van der Waals surface area (Å²) in [6, 6.07) is 2.58. The van der Waals surface area contributed by atoms with Crippen molar-refractivity contribution in [3.05, 3.63) is 46.5 Å². The van der Waals surface area contributed by atoms with Crippen LogP contribution in [0.3, 0.4) is 0 Å². The van der Waals surface area contributed by atoms with Gasteiger partial charge in [-0.3, -0.25) is 14.9 Å². The topological polar surface area (TPSA) is 165 Å². The number of alkyl carbamates (subject to hydrolysis) is 1. The lowest BCUT2D eigenvalue weighted by atomic mass is 9.83. The Hall–Kier alpha value is -3.65. The number of nitrogens with zero attached hydrogens (tertiary/aromatic N) is 1. The first-order valence-electron chi connectivity index (χ1n) is 17.3. The summed E-state index contributed by atoms with van der Waals surface area (Å²) < 4.78 is 29.1. The van der Waals surface area contributed by atoms with Crippen LogP contribution in [0.1, 0.15) is 59.9 Å². The fourth-order valence-electron chi connectivity index (χ4n) is 7.34. The zero-order valence-corrected chi connectivity index (χ0v) is 31.4. The van der Waals surface area contributed by atoms with Gasteiger partial charge in [0.05, 0.1) is 25.3 Å². The van der Waals surface area contributed by atoms with E-state index in [1.165, 1.54) is 19.1 Å². The number of fused-ring (bicyclic) bond motifs is 5. The number of methoxy groups -OCH3 is 2. The Morgan fingerprint density at radius 1 is 1.14 bits per heavy atom. The zero-order chi connectivity index (χ0) is 37.6. The third-order valence-electron chi connectivity index (χ3n) is 11.2. The fraction of sp³-hybridized carbons (Fsp3) is 0.622. The highest BCUT2D eigenvalue weighted by Gasteiger charge is 2.64. The maximum atomic E-state index is 13.8. The van der Waals surface area contributed by atoms with E-state index in [-0.39, 0.29) is 41.5 Å². The molecule has 3 heterocycles. The van der Waals surface area contributed by atoms with E-state index in [9.17, 15) is 24.3 Å². The molecule has 3 aliphatic heterocycles. The number of esters is 1. The van der Waals surface area contributed by atoms with E-state index in [1.807, 2.05) is 26.8 Å². The van der Waals surface area contributed by atoms with Gasteiger partial charge in [0.25, 0.3) is 0 Å². The molecule has 14 heteroatoms. The number of hydrogen-bond acceptors (Lipinski definition) is 10. The number of rotatable bonds is 6. The van der Waals surface area contributed by atoms with Gasteiger partial charge in [-0.25, -0.2) is 9.59 Å². The van der Waals surface area contributed by atoms with E-state index in [1.54, 1.807) is 52.1 Å². The van der Waals surface area contributed by atoms with Crippen molar-refractivity contribution in [3.63, 3.8) is 0 Å². The highest BCUT2D eigenvalue weighted by molar-refractivity contribution is 6.35. The Balaban J connectivity index is 1.49. The summed E-state index contributed by atoms with van der Waals surface area (Å²) in [5.41, 5.74) is -0.979. The molecule has 13 nitrogen and oxygen atoms in total. The monoisotopic (exact) mass is 731 g/mol. The minimum atomic E-state index is -1.82. The number of benzene rings is 1. The van der Waals surface area contributed by atoms with Gasteiger partial charge in [-0.15, -0.1) is 0 Å². The van der Waals surface area contributed by atoms with E-state index < -0.39 is 65.7 Å². The van der Waals surface area contributed by atoms with Crippen molar-refractivity contribution in [2.45, 2.75) is 103 Å². The van der Waals surface area contributed by atoms with Crippen LogP contribution >= 0.6 is 11.6 Å². The molecule has 2 unspecified atom stereocenters. The number of carbonyl (C=O) groups excluding carboxylic acids is 4. The van der Waals surface area contributed by atoms with Crippen molar-refractivity contribution in [2.24, 2.45) is 23.7 Å². The molecule has 0 spiro atoms. The second kappa shape index (κ2) is 14.8. The van der Waals surface area contributed by atoms with Crippen LogP contribution in [0.4, 0.5) is 10.5 Å². The average molecular weight is 732 g/mol. The highest BCUT2D eigenvalue weighted by Crippen LogP contribution is 2.49. The Morgan fingerprint density at radius 2 is 1.82 bits per heavy atom. The summed E-state index contributed by atoms with van der Waals surface area (Å²) in [7, 11) is 4.48. The number of epoxide rings is 1. The van der Waals surface area contributed by atoms with Gasteiger partial charge in [-0.05, 0) is 56.7 Å². The summed E-state index contributed by atoms with van der Waals surface area (Å²) in [5.74, 6) is -1.23. The number of carbonyl (C=O) groups is 4. The SMILES string of the molecule is COc1cc2cc(c1Cl)NC(=O)C[C@H](OC(=O)[C@H](C)N(C)C(=O)C1C(C)C1C)[C@]1(C)O[C@H]1[C@H](C)[C@@H]1C[C@@](O)(NC(=O)O1)[C@H](OC)/C=C\C=C(\C)C2. The van der Waals surface area contributed by atoms with Crippen LogP contribution in [-0.2, 0) is 39.8 Å². The lowest BCUT2D eigenvalue weighted by Gasteiger charge is -2.42. The quantitative estimate of drug-likeness (QED) is 0.282. The van der Waals surface area contributed by atoms with E-state index >= 15 is 0 Å². The fourth-order valence-corrected chi connectivity index (χ4v) is 7.58. The Bertz CT molecular complexity index is 1610. The normalized spacial score (nSPS) is 37.2. The van der Waals surface area contributed by atoms with Gasteiger partial charge in [0.15, 0.2) is 5.72 Å². The van der Waals surface area contributed by atoms with Crippen LogP contribution in [0.5, 0.6) is 5.75 Å². The number of nitrogens with one attached hydrogen (secondary N) is 2. The molecule has 4 aliphatic rings. The number of aliphatic hydroxyl groups is 1. The number of hydrogen-bond donors (Lipinski definition) is 3.